The van der Waals surface area contributed by atoms with Crippen LogP contribution in [0.15, 0.2) is 12.1 Å². The lowest BCUT2D eigenvalue weighted by Gasteiger charge is -2.39. The van der Waals surface area contributed by atoms with Gasteiger partial charge in [0.05, 0.1) is 12.7 Å². The van der Waals surface area contributed by atoms with E-state index in [0.717, 1.165) is 43.7 Å². The molecule has 1 aromatic rings. The molecule has 2 N–H and O–H groups in total. The largest absolute Gasteiger partial charge is 0.496 e. The molecule has 1 fully saturated rings. The van der Waals surface area contributed by atoms with E-state index in [1.165, 1.54) is 19.6 Å². The van der Waals surface area contributed by atoms with E-state index >= 15 is 0 Å². The third kappa shape index (κ3) is 2.91. The summed E-state index contributed by atoms with van der Waals surface area (Å²) in [5.74, 6) is -2.59. The lowest BCUT2D eigenvalue weighted by atomic mass is 9.67. The number of aryl methyl sites for hydroxylation is 1. The second kappa shape index (κ2) is 5.91. The lowest BCUT2D eigenvalue weighted by Crippen LogP contribution is -2.38. The highest BCUT2D eigenvalue weighted by atomic mass is 19.3. The van der Waals surface area contributed by atoms with Crippen molar-refractivity contribution < 1.29 is 13.5 Å². The van der Waals surface area contributed by atoms with Crippen molar-refractivity contribution in [3.05, 3.63) is 28.8 Å². The van der Waals surface area contributed by atoms with Crippen molar-refractivity contribution in [2.45, 2.75) is 57.3 Å². The van der Waals surface area contributed by atoms with Gasteiger partial charge in [-0.2, -0.15) is 0 Å². The van der Waals surface area contributed by atoms with Gasteiger partial charge in [-0.15, -0.1) is 0 Å². The van der Waals surface area contributed by atoms with E-state index in [0.29, 0.717) is 12.3 Å². The highest BCUT2D eigenvalue weighted by Crippen LogP contribution is 2.48. The Morgan fingerprint density at radius 1 is 1.24 bits per heavy atom. The Kier molecular flexibility index (Phi) is 4.57. The number of hydrogen-bond donors (Lipinski definition) is 1. The summed E-state index contributed by atoms with van der Waals surface area (Å²) in [6, 6.07) is 3.25. The zero-order chi connectivity index (χ0) is 15.7. The van der Waals surface area contributed by atoms with Crippen LogP contribution in [0.2, 0.25) is 0 Å². The number of ether oxygens (including phenoxy) is 1. The molecule has 0 heterocycles. The second-order valence-corrected chi connectivity index (χ2v) is 6.27. The highest BCUT2D eigenvalue weighted by Gasteiger charge is 2.39. The first-order valence-corrected chi connectivity index (χ1v) is 7.62. The van der Waals surface area contributed by atoms with E-state index in [9.17, 15) is 8.78 Å². The van der Waals surface area contributed by atoms with Crippen molar-refractivity contribution in [1.82, 2.24) is 0 Å². The summed E-state index contributed by atoms with van der Waals surface area (Å²) in [6.45, 7) is 3.35. The van der Waals surface area contributed by atoms with Crippen LogP contribution in [0.5, 0.6) is 5.75 Å². The smallest absolute Gasteiger partial charge is 0.274 e. The van der Waals surface area contributed by atoms with E-state index in [4.69, 9.17) is 10.5 Å². The van der Waals surface area contributed by atoms with Crippen molar-refractivity contribution in [2.24, 2.45) is 5.73 Å². The zero-order valence-corrected chi connectivity index (χ0v) is 13.1. The summed E-state index contributed by atoms with van der Waals surface area (Å²) in [4.78, 5) is 0. The average Bonchev–Trinajstić information content (AvgIpc) is 2.46. The molecular formula is C17H25F2NO. The molecule has 0 radical (unpaired) electrons. The molecule has 118 valence electrons. The zero-order valence-electron chi connectivity index (χ0n) is 13.1. The van der Waals surface area contributed by atoms with Crippen molar-refractivity contribution in [3.63, 3.8) is 0 Å². The standard InChI is InChI=1S/C17H25F2NO/c1-12-7-8-13(16(2,18)19)15(21-3)14(12)17(11-20)9-5-4-6-10-17/h7-8H,4-6,9-11,20H2,1-3H3. The second-order valence-electron chi connectivity index (χ2n) is 6.27. The van der Waals surface area contributed by atoms with Gasteiger partial charge in [0.15, 0.2) is 0 Å². The number of hydrogen-bond acceptors (Lipinski definition) is 2. The molecule has 2 nitrogen and oxygen atoms in total. The Morgan fingerprint density at radius 2 is 1.86 bits per heavy atom. The van der Waals surface area contributed by atoms with Gasteiger partial charge in [-0.25, -0.2) is 8.78 Å². The van der Waals surface area contributed by atoms with E-state index in [1.807, 2.05) is 6.92 Å². The molecule has 1 saturated carbocycles. The van der Waals surface area contributed by atoms with Gasteiger partial charge in [0.2, 0.25) is 0 Å². The summed E-state index contributed by atoms with van der Waals surface area (Å²) < 4.78 is 33.2. The molecule has 21 heavy (non-hydrogen) atoms. The molecule has 0 unspecified atom stereocenters. The molecule has 0 spiro atoms. The normalized spacial score (nSPS) is 18.6. The topological polar surface area (TPSA) is 35.2 Å². The van der Waals surface area contributed by atoms with Crippen LogP contribution >= 0.6 is 0 Å². The van der Waals surface area contributed by atoms with Crippen LogP contribution in [-0.4, -0.2) is 13.7 Å². The van der Waals surface area contributed by atoms with Gasteiger partial charge >= 0.3 is 0 Å². The fourth-order valence-electron chi connectivity index (χ4n) is 3.68. The van der Waals surface area contributed by atoms with Gasteiger partial charge in [0.25, 0.3) is 5.92 Å². The van der Waals surface area contributed by atoms with Gasteiger partial charge in [0.1, 0.15) is 5.75 Å². The maximum absolute atomic E-state index is 13.9. The molecular weight excluding hydrogens is 272 g/mol. The third-order valence-corrected chi connectivity index (χ3v) is 4.77. The number of rotatable bonds is 4. The fourth-order valence-corrected chi connectivity index (χ4v) is 3.68. The number of halogens is 2. The summed E-state index contributed by atoms with van der Waals surface area (Å²) in [5.41, 5.74) is 7.70. The fraction of sp³-hybridized carbons (Fsp3) is 0.647. The van der Waals surface area contributed by atoms with E-state index in [2.05, 4.69) is 0 Å². The minimum atomic E-state index is -2.92. The monoisotopic (exact) mass is 297 g/mol. The van der Waals surface area contributed by atoms with Crippen LogP contribution < -0.4 is 10.5 Å². The number of nitrogens with two attached hydrogens (primary N) is 1. The molecule has 1 aliphatic rings. The Morgan fingerprint density at radius 3 is 2.33 bits per heavy atom. The first-order chi connectivity index (χ1) is 9.85. The Balaban J connectivity index is 2.66. The first-order valence-electron chi connectivity index (χ1n) is 7.62. The molecule has 0 atom stereocenters. The van der Waals surface area contributed by atoms with Crippen LogP contribution in [0, 0.1) is 6.92 Å². The number of methoxy groups -OCH3 is 1. The molecule has 2 rings (SSSR count). The summed E-state index contributed by atoms with van der Waals surface area (Å²) in [7, 11) is 1.47. The van der Waals surface area contributed by atoms with Gasteiger partial charge in [-0.05, 0) is 31.4 Å². The highest BCUT2D eigenvalue weighted by molar-refractivity contribution is 5.52. The van der Waals surface area contributed by atoms with E-state index in [1.54, 1.807) is 6.07 Å². The van der Waals surface area contributed by atoms with Crippen molar-refractivity contribution in [1.29, 1.82) is 0 Å². The SMILES string of the molecule is COc1c(C(C)(F)F)ccc(C)c1C1(CN)CCCCC1. The molecule has 0 amide bonds. The van der Waals surface area contributed by atoms with E-state index < -0.39 is 5.92 Å². The third-order valence-electron chi connectivity index (χ3n) is 4.77. The van der Waals surface area contributed by atoms with Gasteiger partial charge in [-0.1, -0.05) is 25.3 Å². The lowest BCUT2D eigenvalue weighted by molar-refractivity contribution is 0.0147. The Hall–Kier alpha value is -1.16. The Labute approximate surface area is 125 Å². The van der Waals surface area contributed by atoms with Gasteiger partial charge < -0.3 is 10.5 Å². The molecule has 1 aliphatic carbocycles. The quantitative estimate of drug-likeness (QED) is 0.900. The maximum atomic E-state index is 13.9. The number of benzene rings is 1. The van der Waals surface area contributed by atoms with Crippen LogP contribution in [0.4, 0.5) is 8.78 Å². The summed E-state index contributed by atoms with van der Waals surface area (Å²) in [6.07, 6.45) is 5.25. The van der Waals surface area contributed by atoms with Crippen LogP contribution in [0.1, 0.15) is 55.7 Å². The maximum Gasteiger partial charge on any atom is 0.274 e. The van der Waals surface area contributed by atoms with Crippen LogP contribution in [0.3, 0.4) is 0 Å². The summed E-state index contributed by atoms with van der Waals surface area (Å²) in [5, 5.41) is 0. The minimum absolute atomic E-state index is 0.0380. The van der Waals surface area contributed by atoms with Crippen LogP contribution in [0.25, 0.3) is 0 Å². The minimum Gasteiger partial charge on any atom is -0.496 e. The van der Waals surface area contributed by atoms with E-state index in [-0.39, 0.29) is 11.0 Å². The molecule has 0 aliphatic heterocycles. The average molecular weight is 297 g/mol. The van der Waals surface area contributed by atoms with Gasteiger partial charge in [-0.3, -0.25) is 0 Å². The van der Waals surface area contributed by atoms with Crippen molar-refractivity contribution in [2.75, 3.05) is 13.7 Å². The molecule has 1 aromatic carbocycles. The Bertz CT molecular complexity index is 502. The number of alkyl halides is 2. The molecule has 0 bridgehead atoms. The molecule has 0 aromatic heterocycles. The van der Waals surface area contributed by atoms with Crippen LogP contribution in [-0.2, 0) is 11.3 Å². The predicted octanol–water partition coefficient (Wildman–Crippen LogP) is 4.28. The first kappa shape index (κ1) is 16.2. The molecule has 4 heteroatoms. The predicted molar refractivity (Wildman–Crippen MR) is 81.1 cm³/mol. The molecule has 0 saturated heterocycles. The summed E-state index contributed by atoms with van der Waals surface area (Å²) >= 11 is 0. The van der Waals surface area contributed by atoms with Crippen molar-refractivity contribution >= 4 is 0 Å². The van der Waals surface area contributed by atoms with Gasteiger partial charge in [0, 0.05) is 24.4 Å². The van der Waals surface area contributed by atoms with Crippen molar-refractivity contribution in [3.8, 4) is 5.75 Å².